The van der Waals surface area contributed by atoms with Crippen LogP contribution < -0.4 is 33.7 Å². The Morgan fingerprint density at radius 3 is 0.993 bits per heavy atom. The van der Waals surface area contributed by atoms with E-state index in [1.54, 1.807) is 93.5 Å². The van der Waals surface area contributed by atoms with E-state index >= 15 is 0 Å². The van der Waals surface area contributed by atoms with Gasteiger partial charge in [-0.25, -0.2) is 48.3 Å². The quantitative estimate of drug-likeness (QED) is 0.0210. The molecule has 1 unspecified atom stereocenters. The van der Waals surface area contributed by atoms with Crippen molar-refractivity contribution < 1.29 is 161 Å². The minimum absolute atomic E-state index is 0.0146. The summed E-state index contributed by atoms with van der Waals surface area (Å²) in [5.74, 6) is 4.99. The number of halogens is 3. The van der Waals surface area contributed by atoms with Crippen LogP contribution in [0.2, 0.25) is 0 Å². The molecule has 0 bridgehead atoms. The molecule has 0 fully saturated rings. The van der Waals surface area contributed by atoms with Gasteiger partial charge in [-0.05, 0) is 166 Å². The van der Waals surface area contributed by atoms with Gasteiger partial charge in [-0.3, -0.25) is 38.8 Å². The first kappa shape index (κ1) is 107. The van der Waals surface area contributed by atoms with Crippen molar-refractivity contribution in [3.8, 4) is 81.1 Å². The number of aromatic nitrogens is 3. The summed E-state index contributed by atoms with van der Waals surface area (Å²) in [4.78, 5) is 191. The van der Waals surface area contributed by atoms with E-state index < -0.39 is 148 Å². The van der Waals surface area contributed by atoms with Crippen LogP contribution in [0.1, 0.15) is 178 Å². The molecule has 728 valence electrons. The Labute approximate surface area is 786 Å². The van der Waals surface area contributed by atoms with Crippen molar-refractivity contribution >= 4 is 83.2 Å². The van der Waals surface area contributed by atoms with Crippen molar-refractivity contribution in [3.05, 3.63) is 176 Å². The molecule has 0 radical (unpaired) electrons. The highest BCUT2D eigenvalue weighted by Crippen LogP contribution is 2.53. The van der Waals surface area contributed by atoms with Crippen LogP contribution in [0, 0.1) is 35.5 Å². The standard InChI is InChI=1S/C97H103F3N6O31/c1-13-120-83(107)47-96(95(119)131-24-12)75-39-60(27-31-71(75)72-34-30-64(42-76(72)96)104-94(118)97(98,99)100)25-26-61-35-65(48-105(52-84(108)121-14-2)50-67-37-62(40-77(102-67)92(116)129-22-10)28-32-73-79(134-56-88(112)125-18-6)43-69(132-54-86(110)123-16-4)44-80(73)135-57-89(113)126-19-7)101-66(36-61)49-106(53-85(109)122-15-3)51-68-38-63(41-78(103-68)93(117)130-23-11)29-33-74-81(136-58-90(114)127-20-8)45-70(133-55-87(111)124-17-5)46-82(74)137-59-91(115)128-21-9/h27,30-31,34-46H,13-24,47-59H2,1-12H3,(H,104,118). The molecule has 40 heteroatoms. The summed E-state index contributed by atoms with van der Waals surface area (Å²) in [6, 6.07) is 22.1. The number of rotatable bonds is 48. The lowest BCUT2D eigenvalue weighted by atomic mass is 9.75. The van der Waals surface area contributed by atoms with E-state index in [-0.39, 0.29) is 230 Å². The van der Waals surface area contributed by atoms with Gasteiger partial charge in [0.2, 0.25) is 0 Å². The average molecular weight is 1910 g/mol. The molecule has 8 rings (SSSR count). The normalized spacial score (nSPS) is 12.0. The van der Waals surface area contributed by atoms with E-state index in [0.29, 0.717) is 5.56 Å². The Bertz CT molecular complexity index is 5430. The minimum atomic E-state index is -5.33. The number of alkyl halides is 3. The first-order chi connectivity index (χ1) is 65.8. The SMILES string of the molecule is CCOC(=O)COc1cc(OCC(=O)OCC)c(C#Cc2cc(CN(CC(=O)OCC)Cc3cc(C#Cc4ccc5c(c4)C(CC(=O)OCC)(C(=O)OCC)c4cc(NC(=O)C(F)(F)F)ccc4-5)cc(CN(CC(=O)OCC)Cc4cc(C#Cc5c(OCC(=O)OCC)cc(OCC(=O)OCC)cc5OCC(=O)OCC)cc(C(=O)OCC)n4)n3)nc(C(=O)OCC)c2)c(OCC(=O)OCC)c1. The molecule has 0 spiro atoms. The number of carbonyl (C=O) groups is 13. The highest BCUT2D eigenvalue weighted by molar-refractivity contribution is 6.03. The second kappa shape index (κ2) is 53.5. The third-order valence-electron chi connectivity index (χ3n) is 18.6. The number of fused-ring (bicyclic) bond motifs is 3. The van der Waals surface area contributed by atoms with Crippen LogP contribution in [0.15, 0.2) is 97.1 Å². The number of carbonyl (C=O) groups excluding carboxylic acids is 13. The molecular weight excluding hydrogens is 1800 g/mol. The maximum atomic E-state index is 14.9. The van der Waals surface area contributed by atoms with Crippen molar-refractivity contribution in [1.29, 1.82) is 0 Å². The maximum Gasteiger partial charge on any atom is 0.471 e. The second-order valence-electron chi connectivity index (χ2n) is 28.6. The van der Waals surface area contributed by atoms with E-state index in [9.17, 15) is 75.5 Å². The van der Waals surface area contributed by atoms with Gasteiger partial charge in [0.15, 0.2) is 39.6 Å². The van der Waals surface area contributed by atoms with E-state index in [0.717, 1.165) is 6.07 Å². The molecule has 137 heavy (non-hydrogen) atoms. The molecule has 1 aliphatic rings. The van der Waals surface area contributed by atoms with Crippen molar-refractivity contribution in [3.63, 3.8) is 0 Å². The van der Waals surface area contributed by atoms with Gasteiger partial charge in [0.25, 0.3) is 0 Å². The number of hydrogen-bond donors (Lipinski definition) is 1. The summed E-state index contributed by atoms with van der Waals surface area (Å²) < 4.78 is 140. The van der Waals surface area contributed by atoms with Crippen LogP contribution in [0.5, 0.6) is 34.5 Å². The Morgan fingerprint density at radius 2 is 0.635 bits per heavy atom. The zero-order valence-corrected chi connectivity index (χ0v) is 77.4. The number of hydrogen-bond acceptors (Lipinski definition) is 36. The number of pyridine rings is 3. The van der Waals surface area contributed by atoms with E-state index in [1.807, 2.05) is 5.32 Å². The third kappa shape index (κ3) is 32.5. The van der Waals surface area contributed by atoms with Gasteiger partial charge in [-0.1, -0.05) is 47.7 Å². The summed E-state index contributed by atoms with van der Waals surface area (Å²) in [5, 5.41) is 1.82. The fourth-order valence-corrected chi connectivity index (χ4v) is 13.4. The molecule has 3 heterocycles. The highest BCUT2D eigenvalue weighted by atomic mass is 19.4. The average Bonchev–Trinajstić information content (AvgIpc) is 1.55. The lowest BCUT2D eigenvalue weighted by molar-refractivity contribution is -0.167. The molecule has 37 nitrogen and oxygen atoms in total. The van der Waals surface area contributed by atoms with Crippen LogP contribution >= 0.6 is 0 Å². The predicted molar refractivity (Wildman–Crippen MR) is 475 cm³/mol. The number of anilines is 1. The zero-order chi connectivity index (χ0) is 99.7. The molecule has 1 aliphatic carbocycles. The van der Waals surface area contributed by atoms with Crippen LogP contribution in [0.4, 0.5) is 18.9 Å². The van der Waals surface area contributed by atoms with Gasteiger partial charge in [-0.15, -0.1) is 0 Å². The lowest BCUT2D eigenvalue weighted by Crippen LogP contribution is -2.40. The molecule has 1 N–H and O–H groups in total. The number of nitrogens with one attached hydrogen (secondary N) is 1. The molecule has 4 aromatic carbocycles. The van der Waals surface area contributed by atoms with Gasteiger partial charge in [0.05, 0.1) is 122 Å². The monoisotopic (exact) mass is 1900 g/mol. The first-order valence-corrected chi connectivity index (χ1v) is 43.5. The molecule has 3 aromatic heterocycles. The Hall–Kier alpha value is -15.4. The van der Waals surface area contributed by atoms with Gasteiger partial charge < -0.3 is 90.6 Å². The first-order valence-electron chi connectivity index (χ1n) is 43.5. The number of ether oxygens (including phenoxy) is 18. The van der Waals surface area contributed by atoms with Crippen LogP contribution in [0.3, 0.4) is 0 Å². The molecule has 0 saturated heterocycles. The van der Waals surface area contributed by atoms with Crippen molar-refractivity contribution in [2.24, 2.45) is 0 Å². The Balaban J connectivity index is 1.35. The Morgan fingerprint density at radius 1 is 0.328 bits per heavy atom. The summed E-state index contributed by atoms with van der Waals surface area (Å²) in [6.45, 7) is 11.6. The zero-order valence-electron chi connectivity index (χ0n) is 77.4. The molecular formula is C97H103F3N6O31. The molecule has 0 saturated carbocycles. The van der Waals surface area contributed by atoms with Gasteiger partial charge in [-0.2, -0.15) is 13.2 Å². The third-order valence-corrected chi connectivity index (χ3v) is 18.6. The summed E-state index contributed by atoms with van der Waals surface area (Å²) >= 11 is 0. The summed E-state index contributed by atoms with van der Waals surface area (Å²) in [6.07, 6.45) is -6.08. The van der Waals surface area contributed by atoms with Crippen LogP contribution in [-0.4, -0.2) is 240 Å². The number of amides is 1. The lowest BCUT2D eigenvalue weighted by Gasteiger charge is -2.29. The predicted octanol–water partition coefficient (Wildman–Crippen LogP) is 9.49. The Kier molecular flexibility index (Phi) is 41.8. The van der Waals surface area contributed by atoms with Crippen molar-refractivity contribution in [1.82, 2.24) is 24.8 Å². The molecule has 7 aromatic rings. The summed E-state index contributed by atoms with van der Waals surface area (Å²) in [7, 11) is 0. The fourth-order valence-electron chi connectivity index (χ4n) is 13.4. The number of nitrogens with zero attached hydrogens (tertiary/aromatic N) is 5. The second-order valence-corrected chi connectivity index (χ2v) is 28.6. The number of esters is 12. The van der Waals surface area contributed by atoms with Crippen LogP contribution in [0.25, 0.3) is 11.1 Å². The van der Waals surface area contributed by atoms with Gasteiger partial charge >= 0.3 is 83.7 Å². The van der Waals surface area contributed by atoms with E-state index in [1.165, 1.54) is 90.4 Å². The molecule has 1 atom stereocenters. The number of benzene rings is 4. The van der Waals surface area contributed by atoms with Gasteiger partial charge in [0.1, 0.15) is 62.4 Å². The highest BCUT2D eigenvalue weighted by Gasteiger charge is 2.53. The largest absolute Gasteiger partial charge is 0.482 e. The minimum Gasteiger partial charge on any atom is -0.482 e. The topological polar surface area (TPSA) is 445 Å². The van der Waals surface area contributed by atoms with Gasteiger partial charge in [0, 0.05) is 78.4 Å². The van der Waals surface area contributed by atoms with Crippen LogP contribution in [-0.2, 0) is 141 Å². The molecule has 1 amide bonds. The smallest absolute Gasteiger partial charge is 0.471 e. The van der Waals surface area contributed by atoms with E-state index in [2.05, 4.69) is 45.5 Å². The van der Waals surface area contributed by atoms with Crippen molar-refractivity contribution in [2.45, 2.75) is 127 Å². The fraction of sp³-hybridized carbons (Fsp3) is 0.402. The van der Waals surface area contributed by atoms with E-state index in [4.69, 9.17) is 90.2 Å². The summed E-state index contributed by atoms with van der Waals surface area (Å²) in [5.41, 5.74) is -1.76. The maximum absolute atomic E-state index is 14.9. The van der Waals surface area contributed by atoms with Crippen molar-refractivity contribution in [2.75, 3.05) is 137 Å². The molecule has 0 aliphatic heterocycles.